The average Bonchev–Trinajstić information content (AvgIpc) is 3.05. The van der Waals surface area contributed by atoms with E-state index in [9.17, 15) is 5.11 Å². The van der Waals surface area contributed by atoms with Gasteiger partial charge in [0.2, 0.25) is 0 Å². The highest BCUT2D eigenvalue weighted by atomic mass is 16.8. The van der Waals surface area contributed by atoms with E-state index >= 15 is 0 Å². The minimum absolute atomic E-state index is 0.0221. The molecule has 1 unspecified atom stereocenters. The normalized spacial score (nSPS) is 51.5. The lowest BCUT2D eigenvalue weighted by atomic mass is 9.47. The van der Waals surface area contributed by atoms with Crippen molar-refractivity contribution < 1.29 is 28.8 Å². The van der Waals surface area contributed by atoms with Crippen molar-refractivity contribution >= 4 is 0 Å². The Hall–Kier alpha value is -0.500. The maximum atomic E-state index is 11.0. The van der Waals surface area contributed by atoms with Gasteiger partial charge in [0.15, 0.2) is 18.9 Å². The minimum atomic E-state index is -0.913. The molecule has 136 valence electrons. The molecule has 3 fully saturated rings. The summed E-state index contributed by atoms with van der Waals surface area (Å²) in [5.41, 5.74) is -0.476. The molecule has 4 rings (SSSR count). The fourth-order valence-electron chi connectivity index (χ4n) is 5.74. The molecular weight excluding hydrogens is 312 g/mol. The Morgan fingerprint density at radius 1 is 1.21 bits per heavy atom. The van der Waals surface area contributed by atoms with Crippen molar-refractivity contribution in [2.75, 3.05) is 21.0 Å². The molecule has 0 aromatic rings. The highest BCUT2D eigenvalue weighted by molar-refractivity contribution is 5.24. The maximum absolute atomic E-state index is 11.0. The van der Waals surface area contributed by atoms with E-state index in [4.69, 9.17) is 23.7 Å². The fourth-order valence-corrected chi connectivity index (χ4v) is 5.74. The lowest BCUT2D eigenvalue weighted by Gasteiger charge is -2.58. The molecule has 1 saturated carbocycles. The summed E-state index contributed by atoms with van der Waals surface area (Å²) in [6, 6.07) is 0. The monoisotopic (exact) mass is 340 g/mol. The second kappa shape index (κ2) is 5.76. The van der Waals surface area contributed by atoms with Gasteiger partial charge < -0.3 is 28.8 Å². The van der Waals surface area contributed by atoms with Gasteiger partial charge in [-0.1, -0.05) is 26.0 Å². The van der Waals surface area contributed by atoms with Crippen LogP contribution < -0.4 is 0 Å². The number of ether oxygens (including phenoxy) is 5. The predicted octanol–water partition coefficient (Wildman–Crippen LogP) is 1.88. The number of aliphatic hydroxyl groups excluding tert-OH is 1. The van der Waals surface area contributed by atoms with Crippen molar-refractivity contribution in [2.24, 2.45) is 28.6 Å². The van der Waals surface area contributed by atoms with Crippen molar-refractivity contribution in [2.45, 2.75) is 51.7 Å². The van der Waals surface area contributed by atoms with E-state index in [1.165, 1.54) is 0 Å². The molecule has 0 aromatic heterocycles. The first kappa shape index (κ1) is 16.9. The number of hydrogen-bond donors (Lipinski definition) is 1. The summed E-state index contributed by atoms with van der Waals surface area (Å²) in [6.07, 6.45) is 4.50. The lowest BCUT2D eigenvalue weighted by Crippen LogP contribution is -2.62. The molecule has 2 saturated heterocycles. The zero-order chi connectivity index (χ0) is 17.1. The van der Waals surface area contributed by atoms with E-state index in [0.29, 0.717) is 0 Å². The third-order valence-electron chi connectivity index (χ3n) is 6.69. The Labute approximate surface area is 143 Å². The van der Waals surface area contributed by atoms with E-state index in [1.54, 1.807) is 14.2 Å². The third kappa shape index (κ3) is 2.04. The second-order valence-corrected chi connectivity index (χ2v) is 8.15. The van der Waals surface area contributed by atoms with Gasteiger partial charge in [0.1, 0.15) is 6.79 Å². The molecule has 2 aliphatic carbocycles. The quantitative estimate of drug-likeness (QED) is 0.623. The van der Waals surface area contributed by atoms with Gasteiger partial charge in [-0.05, 0) is 24.2 Å². The van der Waals surface area contributed by atoms with E-state index in [1.807, 2.05) is 0 Å². The smallest absolute Gasteiger partial charge is 0.168 e. The van der Waals surface area contributed by atoms with Crippen LogP contribution in [0.25, 0.3) is 0 Å². The van der Waals surface area contributed by atoms with Crippen molar-refractivity contribution in [1.82, 2.24) is 0 Å². The Morgan fingerprint density at radius 2 is 2.00 bits per heavy atom. The fraction of sp³-hybridized carbons (Fsp3) is 0.889. The SMILES string of the molecule is COCO[C@H]1CCC(C)(C)[C@@H]2C=C[C@H]3C4[C@H](O[C@@H]3OC)O[C@@H](O)[C@]412. The van der Waals surface area contributed by atoms with Crippen LogP contribution in [0.3, 0.4) is 0 Å². The zero-order valence-electron chi connectivity index (χ0n) is 14.8. The molecule has 24 heavy (non-hydrogen) atoms. The molecule has 6 nitrogen and oxygen atoms in total. The first-order chi connectivity index (χ1) is 11.5. The van der Waals surface area contributed by atoms with E-state index in [0.717, 1.165) is 12.8 Å². The lowest BCUT2D eigenvalue weighted by molar-refractivity contribution is -0.275. The number of hydrogen-bond acceptors (Lipinski definition) is 6. The third-order valence-corrected chi connectivity index (χ3v) is 6.69. The molecule has 1 N–H and O–H groups in total. The van der Waals surface area contributed by atoms with Crippen LogP contribution in [0, 0.1) is 28.6 Å². The molecule has 8 atom stereocenters. The maximum Gasteiger partial charge on any atom is 0.168 e. The molecule has 2 heterocycles. The van der Waals surface area contributed by atoms with Gasteiger partial charge in [0, 0.05) is 26.1 Å². The van der Waals surface area contributed by atoms with Crippen LogP contribution in [-0.2, 0) is 23.7 Å². The highest BCUT2D eigenvalue weighted by Gasteiger charge is 2.73. The van der Waals surface area contributed by atoms with Gasteiger partial charge in [0.25, 0.3) is 0 Å². The van der Waals surface area contributed by atoms with Crippen LogP contribution >= 0.6 is 0 Å². The van der Waals surface area contributed by atoms with Gasteiger partial charge in [-0.3, -0.25) is 0 Å². The molecular formula is C18H28O6. The van der Waals surface area contributed by atoms with Gasteiger partial charge in [-0.25, -0.2) is 0 Å². The molecule has 4 aliphatic rings. The molecule has 6 heteroatoms. The van der Waals surface area contributed by atoms with Gasteiger partial charge >= 0.3 is 0 Å². The Balaban J connectivity index is 1.81. The predicted molar refractivity (Wildman–Crippen MR) is 84.6 cm³/mol. The second-order valence-electron chi connectivity index (χ2n) is 8.15. The van der Waals surface area contributed by atoms with Crippen LogP contribution in [0.15, 0.2) is 12.2 Å². The van der Waals surface area contributed by atoms with E-state index in [-0.39, 0.29) is 42.4 Å². The van der Waals surface area contributed by atoms with Crippen LogP contribution in [0.5, 0.6) is 0 Å². The average molecular weight is 340 g/mol. The topological polar surface area (TPSA) is 66.4 Å². The van der Waals surface area contributed by atoms with Gasteiger partial charge in [0.05, 0.1) is 11.5 Å². The van der Waals surface area contributed by atoms with Crippen LogP contribution in [0.4, 0.5) is 0 Å². The van der Waals surface area contributed by atoms with Crippen molar-refractivity contribution in [3.8, 4) is 0 Å². The van der Waals surface area contributed by atoms with Crippen molar-refractivity contribution in [1.29, 1.82) is 0 Å². The molecule has 0 amide bonds. The standard InChI is InChI=1S/C18H28O6/c1-17(2)8-7-12(22-9-20-3)18-11(17)6-5-10-13(18)15(24-16(18)19)23-14(10)21-4/h5-6,10-16,19H,7-9H2,1-4H3/t10-,11-,12-,13?,14-,15+,16+,18-/m0/s1. The number of aliphatic hydroxyl groups is 1. The Kier molecular flexibility index (Phi) is 4.06. The number of methoxy groups -OCH3 is 2. The largest absolute Gasteiger partial charge is 0.367 e. The van der Waals surface area contributed by atoms with Gasteiger partial charge in [-0.2, -0.15) is 0 Å². The first-order valence-corrected chi connectivity index (χ1v) is 8.77. The minimum Gasteiger partial charge on any atom is -0.367 e. The summed E-state index contributed by atoms with van der Waals surface area (Å²) in [6.45, 7) is 4.74. The van der Waals surface area contributed by atoms with Crippen molar-refractivity contribution in [3.63, 3.8) is 0 Å². The van der Waals surface area contributed by atoms with Crippen LogP contribution in [0.1, 0.15) is 26.7 Å². The highest BCUT2D eigenvalue weighted by Crippen LogP contribution is 2.67. The summed E-state index contributed by atoms with van der Waals surface area (Å²) in [4.78, 5) is 0. The molecule has 0 bridgehead atoms. The molecule has 0 aromatic carbocycles. The Morgan fingerprint density at radius 3 is 2.71 bits per heavy atom. The molecule has 2 aliphatic heterocycles. The summed E-state index contributed by atoms with van der Waals surface area (Å²) in [7, 11) is 3.27. The van der Waals surface area contributed by atoms with E-state index in [2.05, 4.69) is 26.0 Å². The van der Waals surface area contributed by atoms with E-state index < -0.39 is 18.0 Å². The zero-order valence-corrected chi connectivity index (χ0v) is 14.8. The molecule has 0 radical (unpaired) electrons. The first-order valence-electron chi connectivity index (χ1n) is 8.77. The summed E-state index contributed by atoms with van der Waals surface area (Å²) in [5.74, 6) is 0.242. The van der Waals surface area contributed by atoms with Crippen LogP contribution in [0.2, 0.25) is 0 Å². The summed E-state index contributed by atoms with van der Waals surface area (Å²) in [5, 5.41) is 11.0. The van der Waals surface area contributed by atoms with Crippen LogP contribution in [-0.4, -0.2) is 51.1 Å². The Bertz CT molecular complexity index is 520. The number of rotatable bonds is 4. The molecule has 1 spiro atoms. The number of allylic oxidation sites excluding steroid dienone is 1. The van der Waals surface area contributed by atoms with Crippen molar-refractivity contribution in [3.05, 3.63) is 12.2 Å². The van der Waals surface area contributed by atoms with Gasteiger partial charge in [-0.15, -0.1) is 0 Å². The summed E-state index contributed by atoms with van der Waals surface area (Å²) < 4.78 is 28.6. The summed E-state index contributed by atoms with van der Waals surface area (Å²) >= 11 is 0.